The Morgan fingerprint density at radius 3 is 2.85 bits per heavy atom. The van der Waals surface area contributed by atoms with E-state index in [9.17, 15) is 4.79 Å². The first-order valence-corrected chi connectivity index (χ1v) is 6.64. The fraction of sp³-hybridized carbons (Fsp3) is 0.538. The Morgan fingerprint density at radius 2 is 2.20 bits per heavy atom. The van der Waals surface area contributed by atoms with E-state index in [4.69, 9.17) is 10.00 Å². The number of nitrogens with one attached hydrogen (secondary N) is 1. The molecule has 20 heavy (non-hydrogen) atoms. The molecule has 0 atom stereocenters. The summed E-state index contributed by atoms with van der Waals surface area (Å²) in [6.45, 7) is 3.46. The fourth-order valence-electron chi connectivity index (χ4n) is 2.14. The Labute approximate surface area is 117 Å². The van der Waals surface area contributed by atoms with E-state index < -0.39 is 0 Å². The molecule has 7 heteroatoms. The highest BCUT2D eigenvalue weighted by molar-refractivity contribution is 5.67. The molecule has 1 aliphatic heterocycles. The SMILES string of the molecule is CCOC(=O)N1CCC(Nc2nccnc2C#N)CC1. The van der Waals surface area contributed by atoms with E-state index in [1.807, 2.05) is 6.07 Å². The molecule has 1 N–H and O–H groups in total. The second kappa shape index (κ2) is 6.70. The summed E-state index contributed by atoms with van der Waals surface area (Å²) in [5.74, 6) is 0.504. The molecule has 2 heterocycles. The molecule has 0 aliphatic carbocycles. The minimum absolute atomic E-state index is 0.185. The molecular weight excluding hydrogens is 258 g/mol. The van der Waals surface area contributed by atoms with Gasteiger partial charge in [-0.25, -0.2) is 14.8 Å². The number of amides is 1. The molecule has 0 spiro atoms. The normalized spacial score (nSPS) is 15.5. The summed E-state index contributed by atoms with van der Waals surface area (Å²) < 4.78 is 4.97. The van der Waals surface area contributed by atoms with E-state index in [1.54, 1.807) is 18.0 Å². The van der Waals surface area contributed by atoms with Crippen molar-refractivity contribution in [3.63, 3.8) is 0 Å². The van der Waals surface area contributed by atoms with Crippen LogP contribution in [-0.2, 0) is 4.74 Å². The van der Waals surface area contributed by atoms with Crippen molar-refractivity contribution in [2.45, 2.75) is 25.8 Å². The van der Waals surface area contributed by atoms with Crippen molar-refractivity contribution < 1.29 is 9.53 Å². The van der Waals surface area contributed by atoms with Crippen LogP contribution in [0.1, 0.15) is 25.5 Å². The molecule has 1 amide bonds. The Balaban J connectivity index is 1.89. The second-order valence-electron chi connectivity index (χ2n) is 4.47. The third kappa shape index (κ3) is 3.35. The van der Waals surface area contributed by atoms with E-state index >= 15 is 0 Å². The van der Waals surface area contributed by atoms with Gasteiger partial charge in [-0.3, -0.25) is 0 Å². The number of aromatic nitrogens is 2. The average Bonchev–Trinajstić information content (AvgIpc) is 2.49. The number of likely N-dealkylation sites (tertiary alicyclic amines) is 1. The summed E-state index contributed by atoms with van der Waals surface area (Å²) in [4.78, 5) is 21.4. The van der Waals surface area contributed by atoms with E-state index in [0.717, 1.165) is 12.8 Å². The van der Waals surface area contributed by atoms with Gasteiger partial charge in [0.25, 0.3) is 0 Å². The molecule has 0 aromatic carbocycles. The molecule has 0 radical (unpaired) electrons. The zero-order chi connectivity index (χ0) is 14.4. The Hall–Kier alpha value is -2.36. The number of carbonyl (C=O) groups is 1. The zero-order valence-corrected chi connectivity index (χ0v) is 11.4. The number of rotatable bonds is 3. The minimum Gasteiger partial charge on any atom is -0.450 e. The van der Waals surface area contributed by atoms with Crippen LogP contribution in [0.15, 0.2) is 12.4 Å². The summed E-state index contributed by atoms with van der Waals surface area (Å²) in [7, 11) is 0. The summed E-state index contributed by atoms with van der Waals surface area (Å²) in [5.41, 5.74) is 0.292. The number of carbonyl (C=O) groups excluding carboxylic acids is 1. The van der Waals surface area contributed by atoms with Crippen LogP contribution in [-0.4, -0.2) is 46.7 Å². The van der Waals surface area contributed by atoms with Gasteiger partial charge in [-0.2, -0.15) is 5.26 Å². The fourth-order valence-corrected chi connectivity index (χ4v) is 2.14. The topological polar surface area (TPSA) is 91.1 Å². The van der Waals surface area contributed by atoms with Crippen LogP contribution < -0.4 is 5.32 Å². The van der Waals surface area contributed by atoms with Gasteiger partial charge in [0.1, 0.15) is 6.07 Å². The van der Waals surface area contributed by atoms with Crippen molar-refractivity contribution >= 4 is 11.9 Å². The molecule has 1 aromatic rings. The van der Waals surface area contributed by atoms with Crippen LogP contribution in [0.2, 0.25) is 0 Å². The first-order chi connectivity index (χ1) is 9.74. The van der Waals surface area contributed by atoms with Crippen LogP contribution in [0.3, 0.4) is 0 Å². The van der Waals surface area contributed by atoms with E-state index in [2.05, 4.69) is 15.3 Å². The van der Waals surface area contributed by atoms with Crippen LogP contribution in [0.5, 0.6) is 0 Å². The number of ether oxygens (including phenoxy) is 1. The van der Waals surface area contributed by atoms with Gasteiger partial charge in [-0.1, -0.05) is 0 Å². The third-order valence-corrected chi connectivity index (χ3v) is 3.17. The van der Waals surface area contributed by atoms with Gasteiger partial charge < -0.3 is 15.0 Å². The quantitative estimate of drug-likeness (QED) is 0.896. The highest BCUT2D eigenvalue weighted by Gasteiger charge is 2.24. The van der Waals surface area contributed by atoms with Crippen molar-refractivity contribution in [2.24, 2.45) is 0 Å². The van der Waals surface area contributed by atoms with Gasteiger partial charge in [0.2, 0.25) is 0 Å². The smallest absolute Gasteiger partial charge is 0.409 e. The van der Waals surface area contributed by atoms with Crippen LogP contribution >= 0.6 is 0 Å². The lowest BCUT2D eigenvalue weighted by atomic mass is 10.1. The van der Waals surface area contributed by atoms with Crippen molar-refractivity contribution in [1.82, 2.24) is 14.9 Å². The lowest BCUT2D eigenvalue weighted by Gasteiger charge is -2.31. The molecule has 106 valence electrons. The molecule has 0 unspecified atom stereocenters. The van der Waals surface area contributed by atoms with Gasteiger partial charge >= 0.3 is 6.09 Å². The van der Waals surface area contributed by atoms with Gasteiger partial charge in [0, 0.05) is 31.5 Å². The van der Waals surface area contributed by atoms with Crippen molar-refractivity contribution in [2.75, 3.05) is 25.0 Å². The standard InChI is InChI=1S/C13H17N5O2/c1-2-20-13(19)18-7-3-10(4-8-18)17-12-11(9-14)15-5-6-16-12/h5-6,10H,2-4,7-8H2,1H3,(H,16,17). The number of nitriles is 1. The molecule has 0 saturated carbocycles. The van der Waals surface area contributed by atoms with Gasteiger partial charge in [-0.15, -0.1) is 0 Å². The third-order valence-electron chi connectivity index (χ3n) is 3.17. The Kier molecular flexibility index (Phi) is 4.71. The zero-order valence-electron chi connectivity index (χ0n) is 11.4. The van der Waals surface area contributed by atoms with E-state index in [1.165, 1.54) is 6.20 Å². The minimum atomic E-state index is -0.261. The van der Waals surface area contributed by atoms with Crippen molar-refractivity contribution in [1.29, 1.82) is 5.26 Å². The van der Waals surface area contributed by atoms with Crippen LogP contribution in [0.4, 0.5) is 10.6 Å². The number of anilines is 1. The van der Waals surface area contributed by atoms with E-state index in [-0.39, 0.29) is 12.1 Å². The maximum Gasteiger partial charge on any atom is 0.409 e. The lowest BCUT2D eigenvalue weighted by molar-refractivity contribution is 0.0983. The number of piperidine rings is 1. The molecule has 1 saturated heterocycles. The molecule has 1 aliphatic rings. The van der Waals surface area contributed by atoms with Crippen molar-refractivity contribution in [3.05, 3.63) is 18.1 Å². The van der Waals surface area contributed by atoms with Crippen LogP contribution in [0.25, 0.3) is 0 Å². The summed E-state index contributed by atoms with van der Waals surface area (Å²) in [6.07, 6.45) is 4.37. The first-order valence-electron chi connectivity index (χ1n) is 6.64. The Morgan fingerprint density at radius 1 is 1.50 bits per heavy atom. The highest BCUT2D eigenvalue weighted by atomic mass is 16.6. The lowest BCUT2D eigenvalue weighted by Crippen LogP contribution is -2.42. The first kappa shape index (κ1) is 14.1. The highest BCUT2D eigenvalue weighted by Crippen LogP contribution is 2.17. The monoisotopic (exact) mass is 275 g/mol. The molecule has 1 aromatic heterocycles. The van der Waals surface area contributed by atoms with E-state index in [0.29, 0.717) is 31.2 Å². The van der Waals surface area contributed by atoms with Crippen molar-refractivity contribution in [3.8, 4) is 6.07 Å². The molecule has 2 rings (SSSR count). The molecule has 0 bridgehead atoms. The predicted octanol–water partition coefficient (Wildman–Crippen LogP) is 1.38. The molecular formula is C13H17N5O2. The molecule has 1 fully saturated rings. The van der Waals surface area contributed by atoms with Gasteiger partial charge in [-0.05, 0) is 19.8 Å². The van der Waals surface area contributed by atoms with Gasteiger partial charge in [0.15, 0.2) is 11.5 Å². The maximum absolute atomic E-state index is 11.6. The largest absolute Gasteiger partial charge is 0.450 e. The second-order valence-corrected chi connectivity index (χ2v) is 4.47. The summed E-state index contributed by atoms with van der Waals surface area (Å²) in [5, 5.41) is 12.2. The Bertz CT molecular complexity index is 506. The predicted molar refractivity (Wildman–Crippen MR) is 72.0 cm³/mol. The number of hydrogen-bond acceptors (Lipinski definition) is 6. The average molecular weight is 275 g/mol. The summed E-state index contributed by atoms with van der Waals surface area (Å²) in [6, 6.07) is 2.19. The summed E-state index contributed by atoms with van der Waals surface area (Å²) >= 11 is 0. The van der Waals surface area contributed by atoms with Crippen LogP contribution in [0, 0.1) is 11.3 Å². The van der Waals surface area contributed by atoms with Gasteiger partial charge in [0.05, 0.1) is 6.61 Å². The maximum atomic E-state index is 11.6. The number of nitrogens with zero attached hydrogens (tertiary/aromatic N) is 4. The number of hydrogen-bond donors (Lipinski definition) is 1. The molecule has 7 nitrogen and oxygen atoms in total.